The molecule has 0 unspecified atom stereocenters. The van der Waals surface area contributed by atoms with Crippen LogP contribution in [0.1, 0.15) is 10.4 Å². The average Bonchev–Trinajstić information content (AvgIpc) is 2.28. The van der Waals surface area contributed by atoms with E-state index in [1.807, 2.05) is 0 Å². The molecule has 0 aliphatic heterocycles. The molecule has 0 saturated heterocycles. The van der Waals surface area contributed by atoms with E-state index in [9.17, 15) is 22.4 Å². The smallest absolute Gasteiger partial charge is 0.411 e. The van der Waals surface area contributed by atoms with Crippen molar-refractivity contribution in [1.29, 1.82) is 0 Å². The molecule has 0 spiro atoms. The van der Waals surface area contributed by atoms with Crippen LogP contribution in [-0.4, -0.2) is 37.0 Å². The van der Waals surface area contributed by atoms with Crippen LogP contribution in [0.4, 0.5) is 23.2 Å². The average molecular weight is 281 g/mol. The predicted octanol–water partition coefficient (Wildman–Crippen LogP) is 2.51. The Hall–Kier alpha value is -1.83. The fourth-order valence-corrected chi connectivity index (χ4v) is 1.24. The Labute approximate surface area is 106 Å². The van der Waals surface area contributed by atoms with E-state index in [0.717, 1.165) is 6.07 Å². The van der Waals surface area contributed by atoms with E-state index < -0.39 is 24.6 Å². The molecule has 0 aliphatic carbocycles. The molecule has 0 aromatic heterocycles. The minimum Gasteiger partial charge on any atom is -0.478 e. The van der Waals surface area contributed by atoms with E-state index in [2.05, 4.69) is 10.1 Å². The zero-order valence-corrected chi connectivity index (χ0v) is 9.63. The standard InChI is InChI=1S/C11H11F4NO3/c12-8-5-7(10(17)18)1-2-9(8)16-3-4-19-6-11(13,14)15/h1-2,5,16H,3-4,6H2,(H,17,18). The molecule has 0 heterocycles. The number of rotatable bonds is 6. The summed E-state index contributed by atoms with van der Waals surface area (Å²) < 4.78 is 52.9. The molecule has 0 amide bonds. The summed E-state index contributed by atoms with van der Waals surface area (Å²) in [5.74, 6) is -2.06. The fourth-order valence-electron chi connectivity index (χ4n) is 1.24. The molecule has 2 N–H and O–H groups in total. The number of carbonyl (C=O) groups is 1. The Balaban J connectivity index is 2.40. The van der Waals surface area contributed by atoms with Crippen LogP contribution in [0.25, 0.3) is 0 Å². The monoisotopic (exact) mass is 281 g/mol. The molecular weight excluding hydrogens is 270 g/mol. The normalized spacial score (nSPS) is 11.4. The summed E-state index contributed by atoms with van der Waals surface area (Å²) in [5, 5.41) is 11.1. The van der Waals surface area contributed by atoms with Gasteiger partial charge in [-0.2, -0.15) is 13.2 Å². The summed E-state index contributed by atoms with van der Waals surface area (Å²) in [6.45, 7) is -1.64. The van der Waals surface area contributed by atoms with Gasteiger partial charge in [-0.3, -0.25) is 0 Å². The van der Waals surface area contributed by atoms with Crippen molar-refractivity contribution in [3.05, 3.63) is 29.6 Å². The van der Waals surface area contributed by atoms with E-state index in [1.54, 1.807) is 0 Å². The number of hydrogen-bond donors (Lipinski definition) is 2. The second kappa shape index (κ2) is 6.37. The number of carboxylic acids is 1. The molecule has 106 valence electrons. The van der Waals surface area contributed by atoms with E-state index >= 15 is 0 Å². The van der Waals surface area contributed by atoms with Gasteiger partial charge in [-0.25, -0.2) is 9.18 Å². The number of anilines is 1. The van der Waals surface area contributed by atoms with Gasteiger partial charge in [-0.15, -0.1) is 0 Å². The number of carboxylic acid groups (broad SMARTS) is 1. The maximum absolute atomic E-state index is 13.4. The molecule has 19 heavy (non-hydrogen) atoms. The first-order valence-corrected chi connectivity index (χ1v) is 5.21. The third-order valence-corrected chi connectivity index (χ3v) is 2.04. The Morgan fingerprint density at radius 1 is 1.37 bits per heavy atom. The lowest BCUT2D eigenvalue weighted by Crippen LogP contribution is -2.20. The molecule has 0 aliphatic rings. The van der Waals surface area contributed by atoms with Crippen molar-refractivity contribution < 1.29 is 32.2 Å². The molecule has 0 radical (unpaired) electrons. The highest BCUT2D eigenvalue weighted by Gasteiger charge is 2.27. The van der Waals surface area contributed by atoms with Gasteiger partial charge in [0.15, 0.2) is 0 Å². The van der Waals surface area contributed by atoms with E-state index in [0.29, 0.717) is 0 Å². The molecule has 0 saturated carbocycles. The summed E-state index contributed by atoms with van der Waals surface area (Å²) in [5.41, 5.74) is -0.211. The van der Waals surface area contributed by atoms with Crippen LogP contribution in [0.3, 0.4) is 0 Å². The van der Waals surface area contributed by atoms with Gasteiger partial charge in [0.1, 0.15) is 12.4 Å². The Morgan fingerprint density at radius 2 is 2.05 bits per heavy atom. The van der Waals surface area contributed by atoms with Crippen molar-refractivity contribution >= 4 is 11.7 Å². The molecule has 0 fully saturated rings. The van der Waals surface area contributed by atoms with Crippen LogP contribution in [0.5, 0.6) is 0 Å². The number of alkyl halides is 3. The highest BCUT2D eigenvalue weighted by molar-refractivity contribution is 5.88. The highest BCUT2D eigenvalue weighted by Crippen LogP contribution is 2.16. The topological polar surface area (TPSA) is 58.6 Å². The fraction of sp³-hybridized carbons (Fsp3) is 0.364. The SMILES string of the molecule is O=C(O)c1ccc(NCCOCC(F)(F)F)c(F)c1. The molecule has 1 aromatic rings. The lowest BCUT2D eigenvalue weighted by atomic mass is 10.2. The van der Waals surface area contributed by atoms with Gasteiger partial charge in [0.25, 0.3) is 0 Å². The summed E-state index contributed by atoms with van der Waals surface area (Å²) in [7, 11) is 0. The van der Waals surface area contributed by atoms with Gasteiger partial charge in [-0.05, 0) is 18.2 Å². The van der Waals surface area contributed by atoms with Crippen LogP contribution in [-0.2, 0) is 4.74 Å². The van der Waals surface area contributed by atoms with E-state index in [1.165, 1.54) is 12.1 Å². The molecule has 8 heteroatoms. The van der Waals surface area contributed by atoms with Crippen molar-refractivity contribution in [1.82, 2.24) is 0 Å². The summed E-state index contributed by atoms with van der Waals surface area (Å²) in [4.78, 5) is 10.5. The third kappa shape index (κ3) is 5.56. The molecule has 0 bridgehead atoms. The second-order valence-corrected chi connectivity index (χ2v) is 3.59. The zero-order chi connectivity index (χ0) is 14.5. The van der Waals surface area contributed by atoms with Crippen LogP contribution < -0.4 is 5.32 Å². The molecule has 1 rings (SSSR count). The quantitative estimate of drug-likeness (QED) is 0.621. The summed E-state index contributed by atoms with van der Waals surface area (Å²) in [6.07, 6.45) is -4.39. The Morgan fingerprint density at radius 3 is 2.58 bits per heavy atom. The van der Waals surface area contributed by atoms with Crippen molar-refractivity contribution in [3.63, 3.8) is 0 Å². The first-order chi connectivity index (χ1) is 8.79. The van der Waals surface area contributed by atoms with Gasteiger partial charge in [0.2, 0.25) is 0 Å². The number of benzene rings is 1. The lowest BCUT2D eigenvalue weighted by Gasteiger charge is -2.10. The molecule has 1 aromatic carbocycles. The molecule has 0 atom stereocenters. The van der Waals surface area contributed by atoms with Crippen molar-refractivity contribution in [3.8, 4) is 0 Å². The minimum atomic E-state index is -4.39. The number of hydrogen-bond acceptors (Lipinski definition) is 3. The maximum atomic E-state index is 13.4. The predicted molar refractivity (Wildman–Crippen MR) is 58.7 cm³/mol. The van der Waals surface area contributed by atoms with Crippen LogP contribution >= 0.6 is 0 Å². The first-order valence-electron chi connectivity index (χ1n) is 5.21. The van der Waals surface area contributed by atoms with Crippen molar-refractivity contribution in [2.24, 2.45) is 0 Å². The second-order valence-electron chi connectivity index (χ2n) is 3.59. The van der Waals surface area contributed by atoms with Crippen LogP contribution in [0.2, 0.25) is 0 Å². The minimum absolute atomic E-state index is 0.000564. The van der Waals surface area contributed by atoms with Crippen LogP contribution in [0, 0.1) is 5.82 Å². The largest absolute Gasteiger partial charge is 0.478 e. The number of ether oxygens (including phenoxy) is 1. The van der Waals surface area contributed by atoms with Gasteiger partial charge >= 0.3 is 12.1 Å². The Bertz CT molecular complexity index is 448. The molecular formula is C11H11F4NO3. The molecule has 4 nitrogen and oxygen atoms in total. The van der Waals surface area contributed by atoms with Crippen molar-refractivity contribution in [2.45, 2.75) is 6.18 Å². The zero-order valence-electron chi connectivity index (χ0n) is 9.63. The summed E-state index contributed by atoms with van der Waals surface area (Å²) in [6, 6.07) is 3.20. The van der Waals surface area contributed by atoms with Gasteiger partial charge in [-0.1, -0.05) is 0 Å². The Kier molecular flexibility index (Phi) is 5.11. The number of nitrogens with one attached hydrogen (secondary N) is 1. The van der Waals surface area contributed by atoms with Gasteiger partial charge < -0.3 is 15.2 Å². The first kappa shape index (κ1) is 15.2. The van der Waals surface area contributed by atoms with Crippen molar-refractivity contribution in [2.75, 3.05) is 25.1 Å². The van der Waals surface area contributed by atoms with Crippen LogP contribution in [0.15, 0.2) is 18.2 Å². The third-order valence-electron chi connectivity index (χ3n) is 2.04. The van der Waals surface area contributed by atoms with Gasteiger partial charge in [0.05, 0.1) is 17.9 Å². The summed E-state index contributed by atoms with van der Waals surface area (Å²) >= 11 is 0. The lowest BCUT2D eigenvalue weighted by molar-refractivity contribution is -0.172. The van der Waals surface area contributed by atoms with E-state index in [4.69, 9.17) is 5.11 Å². The maximum Gasteiger partial charge on any atom is 0.411 e. The highest BCUT2D eigenvalue weighted by atomic mass is 19.4. The number of halogens is 4. The van der Waals surface area contributed by atoms with E-state index in [-0.39, 0.29) is 24.4 Å². The van der Waals surface area contributed by atoms with Gasteiger partial charge in [0, 0.05) is 6.54 Å². The number of aromatic carboxylic acids is 1.